The molecule has 0 saturated heterocycles. The van der Waals surface area contributed by atoms with E-state index in [4.69, 9.17) is 9.47 Å². The Morgan fingerprint density at radius 2 is 1.96 bits per heavy atom. The molecule has 0 fully saturated rings. The van der Waals surface area contributed by atoms with Crippen LogP contribution in [0.5, 0.6) is 11.5 Å². The maximum absolute atomic E-state index is 12.3. The maximum Gasteiger partial charge on any atom is 0.271 e. The number of methoxy groups -OCH3 is 2. The standard InChI is InChI=1S/C17H22N2O3S/c1-6-17(2,3)19-15(20)12-10-23-16(18-12)11-7-8-13(21-4)14(9-11)22-5/h7-10H,6H2,1-5H3,(H,19,20). The number of benzene rings is 1. The predicted octanol–water partition coefficient (Wildman–Crippen LogP) is 3.75. The normalized spacial score (nSPS) is 11.2. The second kappa shape index (κ2) is 7.00. The lowest BCUT2D eigenvalue weighted by molar-refractivity contribution is 0.0907. The van der Waals surface area contributed by atoms with Crippen molar-refractivity contribution in [1.82, 2.24) is 10.3 Å². The molecular formula is C17H22N2O3S. The summed E-state index contributed by atoms with van der Waals surface area (Å²) in [5, 5.41) is 5.53. The van der Waals surface area contributed by atoms with E-state index in [-0.39, 0.29) is 11.4 Å². The molecule has 0 bridgehead atoms. The topological polar surface area (TPSA) is 60.5 Å². The number of hydrogen-bond donors (Lipinski definition) is 1. The van der Waals surface area contributed by atoms with Crippen LogP contribution in [-0.4, -0.2) is 30.6 Å². The Kier molecular flexibility index (Phi) is 5.26. The third kappa shape index (κ3) is 4.01. The Morgan fingerprint density at radius 1 is 1.26 bits per heavy atom. The van der Waals surface area contributed by atoms with E-state index < -0.39 is 0 Å². The molecular weight excluding hydrogens is 312 g/mol. The molecule has 0 aliphatic heterocycles. The van der Waals surface area contributed by atoms with E-state index in [2.05, 4.69) is 10.3 Å². The number of nitrogens with zero attached hydrogens (tertiary/aromatic N) is 1. The summed E-state index contributed by atoms with van der Waals surface area (Å²) in [6, 6.07) is 5.59. The van der Waals surface area contributed by atoms with Gasteiger partial charge in [0.25, 0.3) is 5.91 Å². The fourth-order valence-corrected chi connectivity index (χ4v) is 2.74. The molecule has 5 nitrogen and oxygen atoms in total. The molecule has 0 unspecified atom stereocenters. The third-order valence-corrected chi connectivity index (χ3v) is 4.59. The number of amides is 1. The minimum absolute atomic E-state index is 0.153. The van der Waals surface area contributed by atoms with Crippen molar-refractivity contribution < 1.29 is 14.3 Å². The number of nitrogens with one attached hydrogen (secondary N) is 1. The fraction of sp³-hybridized carbons (Fsp3) is 0.412. The summed E-state index contributed by atoms with van der Waals surface area (Å²) in [6.07, 6.45) is 0.853. The molecule has 23 heavy (non-hydrogen) atoms. The largest absolute Gasteiger partial charge is 0.493 e. The molecule has 0 atom stereocenters. The Bertz CT molecular complexity index is 695. The van der Waals surface area contributed by atoms with Crippen LogP contribution < -0.4 is 14.8 Å². The highest BCUT2D eigenvalue weighted by atomic mass is 32.1. The summed E-state index contributed by atoms with van der Waals surface area (Å²) in [6.45, 7) is 6.02. The SMILES string of the molecule is CCC(C)(C)NC(=O)c1csc(-c2ccc(OC)c(OC)c2)n1. The van der Waals surface area contributed by atoms with Crippen molar-refractivity contribution in [1.29, 1.82) is 0 Å². The van der Waals surface area contributed by atoms with Crippen LogP contribution in [0.4, 0.5) is 0 Å². The number of thiazole rings is 1. The second-order valence-electron chi connectivity index (χ2n) is 5.80. The quantitative estimate of drug-likeness (QED) is 0.874. The Morgan fingerprint density at radius 3 is 2.57 bits per heavy atom. The minimum Gasteiger partial charge on any atom is -0.493 e. The van der Waals surface area contributed by atoms with Crippen molar-refractivity contribution in [3.05, 3.63) is 29.3 Å². The Hall–Kier alpha value is -2.08. The number of rotatable bonds is 6. The first-order valence-corrected chi connectivity index (χ1v) is 8.28. The van der Waals surface area contributed by atoms with Crippen molar-refractivity contribution in [3.8, 4) is 22.1 Å². The van der Waals surface area contributed by atoms with Gasteiger partial charge in [-0.15, -0.1) is 11.3 Å². The lowest BCUT2D eigenvalue weighted by Crippen LogP contribution is -2.42. The van der Waals surface area contributed by atoms with Crippen molar-refractivity contribution in [2.45, 2.75) is 32.7 Å². The molecule has 1 amide bonds. The van der Waals surface area contributed by atoms with Gasteiger partial charge in [0, 0.05) is 16.5 Å². The number of carbonyl (C=O) groups is 1. The molecule has 1 aromatic carbocycles. The van der Waals surface area contributed by atoms with Gasteiger partial charge in [-0.1, -0.05) is 6.92 Å². The minimum atomic E-state index is -0.246. The molecule has 1 aromatic heterocycles. The van der Waals surface area contributed by atoms with Gasteiger partial charge in [-0.25, -0.2) is 4.98 Å². The Labute approximate surface area is 140 Å². The molecule has 6 heteroatoms. The van der Waals surface area contributed by atoms with Crippen molar-refractivity contribution in [2.24, 2.45) is 0 Å². The molecule has 1 heterocycles. The molecule has 0 saturated carbocycles. The van der Waals surface area contributed by atoms with E-state index in [1.807, 2.05) is 39.0 Å². The van der Waals surface area contributed by atoms with E-state index in [0.717, 1.165) is 17.0 Å². The van der Waals surface area contributed by atoms with E-state index in [1.165, 1.54) is 11.3 Å². The van der Waals surface area contributed by atoms with Crippen LogP contribution in [-0.2, 0) is 0 Å². The number of aromatic nitrogens is 1. The van der Waals surface area contributed by atoms with Gasteiger partial charge in [-0.05, 0) is 38.5 Å². The summed E-state index contributed by atoms with van der Waals surface area (Å²) in [4.78, 5) is 16.7. The molecule has 2 aromatic rings. The zero-order valence-electron chi connectivity index (χ0n) is 14.1. The summed E-state index contributed by atoms with van der Waals surface area (Å²) in [7, 11) is 3.19. The van der Waals surface area contributed by atoms with Crippen LogP contribution in [0.3, 0.4) is 0 Å². The van der Waals surface area contributed by atoms with Crippen molar-refractivity contribution >= 4 is 17.2 Å². The fourth-order valence-electron chi connectivity index (χ4n) is 1.94. The number of carbonyl (C=O) groups excluding carboxylic acids is 1. The van der Waals surface area contributed by atoms with Crippen LogP contribution in [0, 0.1) is 0 Å². The lowest BCUT2D eigenvalue weighted by atomic mass is 10.0. The van der Waals surface area contributed by atoms with Gasteiger partial charge in [0.15, 0.2) is 11.5 Å². The molecule has 1 N–H and O–H groups in total. The van der Waals surface area contributed by atoms with Gasteiger partial charge in [0.1, 0.15) is 10.7 Å². The Balaban J connectivity index is 2.24. The molecule has 2 rings (SSSR count). The van der Waals surface area contributed by atoms with E-state index >= 15 is 0 Å². The molecule has 0 radical (unpaired) electrons. The van der Waals surface area contributed by atoms with Crippen LogP contribution in [0.25, 0.3) is 10.6 Å². The van der Waals surface area contributed by atoms with Gasteiger partial charge < -0.3 is 14.8 Å². The summed E-state index contributed by atoms with van der Waals surface area (Å²) in [5.74, 6) is 1.15. The smallest absolute Gasteiger partial charge is 0.271 e. The monoisotopic (exact) mass is 334 g/mol. The van der Waals surface area contributed by atoms with E-state index in [0.29, 0.717) is 17.2 Å². The van der Waals surface area contributed by atoms with Crippen molar-refractivity contribution in [2.75, 3.05) is 14.2 Å². The summed E-state index contributed by atoms with van der Waals surface area (Å²) < 4.78 is 10.5. The van der Waals surface area contributed by atoms with Crippen LogP contribution in [0.1, 0.15) is 37.7 Å². The highest BCUT2D eigenvalue weighted by molar-refractivity contribution is 7.13. The first kappa shape index (κ1) is 17.3. The van der Waals surface area contributed by atoms with E-state index in [1.54, 1.807) is 19.6 Å². The highest BCUT2D eigenvalue weighted by Gasteiger charge is 2.21. The van der Waals surface area contributed by atoms with Crippen LogP contribution in [0.2, 0.25) is 0 Å². The van der Waals surface area contributed by atoms with Gasteiger partial charge in [-0.3, -0.25) is 4.79 Å². The second-order valence-corrected chi connectivity index (χ2v) is 6.66. The summed E-state index contributed by atoms with van der Waals surface area (Å²) >= 11 is 1.43. The van der Waals surface area contributed by atoms with Gasteiger partial charge >= 0.3 is 0 Å². The van der Waals surface area contributed by atoms with E-state index in [9.17, 15) is 4.79 Å². The van der Waals surface area contributed by atoms with Gasteiger partial charge in [-0.2, -0.15) is 0 Å². The number of ether oxygens (including phenoxy) is 2. The van der Waals surface area contributed by atoms with Crippen molar-refractivity contribution in [3.63, 3.8) is 0 Å². The predicted molar refractivity (Wildman–Crippen MR) is 92.5 cm³/mol. The zero-order chi connectivity index (χ0) is 17.0. The van der Waals surface area contributed by atoms with Gasteiger partial charge in [0.05, 0.1) is 14.2 Å². The molecule has 124 valence electrons. The molecule has 0 aliphatic carbocycles. The van der Waals surface area contributed by atoms with Crippen LogP contribution >= 0.6 is 11.3 Å². The zero-order valence-corrected chi connectivity index (χ0v) is 14.9. The highest BCUT2D eigenvalue weighted by Crippen LogP contribution is 2.33. The van der Waals surface area contributed by atoms with Crippen LogP contribution in [0.15, 0.2) is 23.6 Å². The average Bonchev–Trinajstić information content (AvgIpc) is 3.04. The first-order chi connectivity index (χ1) is 10.9. The first-order valence-electron chi connectivity index (χ1n) is 7.40. The molecule has 0 aliphatic rings. The molecule has 0 spiro atoms. The number of hydrogen-bond acceptors (Lipinski definition) is 5. The van der Waals surface area contributed by atoms with Gasteiger partial charge in [0.2, 0.25) is 0 Å². The third-order valence-electron chi connectivity index (χ3n) is 3.70. The maximum atomic E-state index is 12.3. The lowest BCUT2D eigenvalue weighted by Gasteiger charge is -2.23. The summed E-state index contributed by atoms with van der Waals surface area (Å²) in [5.41, 5.74) is 1.08. The average molecular weight is 334 g/mol.